The molecule has 0 amide bonds. The van der Waals surface area contributed by atoms with Crippen molar-refractivity contribution in [2.75, 3.05) is 39.6 Å². The molecule has 0 rings (SSSR count). The van der Waals surface area contributed by atoms with Crippen LogP contribution in [0.5, 0.6) is 0 Å². The van der Waals surface area contributed by atoms with E-state index in [4.69, 9.17) is 37.0 Å². The Hall–Kier alpha value is -5.84. The number of aliphatic hydroxyl groups excluding tert-OH is 1. The molecule has 0 radical (unpaired) electrons. The molecule has 17 nitrogen and oxygen atoms in total. The van der Waals surface area contributed by atoms with Gasteiger partial charge in [-0.15, -0.1) is 0 Å². The zero-order chi connectivity index (χ0) is 73.2. The first-order valence-electron chi connectivity index (χ1n) is 37.0. The average Bonchev–Trinajstić information content (AvgIpc) is 1.02. The third-order valence-corrected chi connectivity index (χ3v) is 16.3. The van der Waals surface area contributed by atoms with Gasteiger partial charge in [-0.05, 0) is 148 Å². The van der Waals surface area contributed by atoms with Crippen LogP contribution < -0.4 is 0 Å². The van der Waals surface area contributed by atoms with E-state index < -0.39 is 97.5 Å². The van der Waals surface area contributed by atoms with Crippen LogP contribution in [0.4, 0.5) is 0 Å². The summed E-state index contributed by atoms with van der Waals surface area (Å²) >= 11 is 0. The molecular formula is C81H128O17P2. The Labute approximate surface area is 603 Å². The van der Waals surface area contributed by atoms with Crippen molar-refractivity contribution >= 4 is 39.5 Å². The van der Waals surface area contributed by atoms with Gasteiger partial charge in [0.05, 0.1) is 32.8 Å². The summed E-state index contributed by atoms with van der Waals surface area (Å²) in [7, 11) is -10.0. The van der Waals surface area contributed by atoms with Crippen molar-refractivity contribution in [1.82, 2.24) is 0 Å². The van der Waals surface area contributed by atoms with Gasteiger partial charge in [-0.3, -0.25) is 37.3 Å². The molecule has 0 spiro atoms. The van der Waals surface area contributed by atoms with Crippen molar-refractivity contribution in [3.05, 3.63) is 182 Å². The number of unbranched alkanes of at least 4 members (excludes halogenated alkanes) is 12. The molecule has 0 saturated carbocycles. The lowest BCUT2D eigenvalue weighted by molar-refractivity contribution is -0.161. The van der Waals surface area contributed by atoms with Crippen LogP contribution in [0.25, 0.3) is 0 Å². The van der Waals surface area contributed by atoms with Gasteiger partial charge >= 0.3 is 39.5 Å². The van der Waals surface area contributed by atoms with Crippen LogP contribution in [0.1, 0.15) is 246 Å². The summed E-state index contributed by atoms with van der Waals surface area (Å²) < 4.78 is 68.1. The third-order valence-electron chi connectivity index (χ3n) is 14.4. The summed E-state index contributed by atoms with van der Waals surface area (Å²) in [6.45, 7) is 4.22. The third kappa shape index (κ3) is 70.6. The van der Waals surface area contributed by atoms with E-state index in [1.54, 1.807) is 12.2 Å². The van der Waals surface area contributed by atoms with Crippen LogP contribution >= 0.6 is 15.6 Å². The van der Waals surface area contributed by atoms with E-state index in [1.165, 1.54) is 6.42 Å². The van der Waals surface area contributed by atoms with E-state index in [1.807, 2.05) is 24.3 Å². The van der Waals surface area contributed by atoms with Gasteiger partial charge in [-0.2, -0.15) is 0 Å². The van der Waals surface area contributed by atoms with Crippen molar-refractivity contribution in [3.8, 4) is 0 Å². The van der Waals surface area contributed by atoms with Crippen molar-refractivity contribution in [3.63, 3.8) is 0 Å². The second-order valence-electron chi connectivity index (χ2n) is 23.8. The highest BCUT2D eigenvalue weighted by atomic mass is 31.2. The number of esters is 4. The molecule has 5 atom stereocenters. The molecule has 0 fully saturated rings. The first kappa shape index (κ1) is 94.2. The van der Waals surface area contributed by atoms with Crippen molar-refractivity contribution in [2.24, 2.45) is 0 Å². The van der Waals surface area contributed by atoms with Gasteiger partial charge in [0.1, 0.15) is 19.3 Å². The summed E-state index contributed by atoms with van der Waals surface area (Å²) in [6, 6.07) is 0. The predicted octanol–water partition coefficient (Wildman–Crippen LogP) is 21.2. The molecule has 0 aliphatic rings. The Balaban J connectivity index is 5.49. The zero-order valence-electron chi connectivity index (χ0n) is 61.3. The fourth-order valence-electron chi connectivity index (χ4n) is 8.83. The minimum atomic E-state index is -5.02. The first-order valence-corrected chi connectivity index (χ1v) is 40.0. The number of hydrogen-bond acceptors (Lipinski definition) is 15. The van der Waals surface area contributed by atoms with Crippen LogP contribution in [0, 0.1) is 0 Å². The highest BCUT2D eigenvalue weighted by molar-refractivity contribution is 7.47. The topological polar surface area (TPSA) is 237 Å². The lowest BCUT2D eigenvalue weighted by Gasteiger charge is -2.21. The minimum absolute atomic E-state index is 0.0560. The molecular weight excluding hydrogens is 1310 g/mol. The standard InChI is InChI=1S/C81H128O17P2/c1-5-9-13-17-21-25-29-32-35-37-40-42-46-49-53-57-61-65-78(83)91-71-76(97-80(85)67-63-59-55-51-45-28-24-20-16-12-8-4)73-95-99(87,88)93-69-75(82)70-94-100(89,90)96-74-77(98-81(86)68-64-60-56-52-48-44-39-34-31-27-23-19-15-11-7-3)72-92-79(84)66-62-58-54-50-47-43-41-38-36-33-30-26-22-18-14-10-6-2/h9-11,13-15,20-27,32-36,39-43,48,50,52,54,60,64,75-77,82H,5-8,12,16-19,28-31,37-38,44-47,49,51,53,55-59,61-63,65-74H2,1-4H3,(H,87,88)(H,89,90)/b13-9-,14-10-,15-11-,24-20-,25-21-,26-22-,27-23-,35-32-,36-33-,39-34-,42-40-,43-41-,52-48-,54-50-,64-60-. The Morgan fingerprint density at radius 2 is 0.570 bits per heavy atom. The van der Waals surface area contributed by atoms with Crippen LogP contribution in [0.3, 0.4) is 0 Å². The van der Waals surface area contributed by atoms with Crippen LogP contribution in [0.15, 0.2) is 182 Å². The number of phosphoric ester groups is 2. The quantitative estimate of drug-likeness (QED) is 0.0169. The van der Waals surface area contributed by atoms with E-state index in [-0.39, 0.29) is 25.7 Å². The molecule has 0 bridgehead atoms. The number of phosphoric acid groups is 2. The number of ether oxygens (including phenoxy) is 4. The molecule has 0 aromatic carbocycles. The van der Waals surface area contributed by atoms with Crippen LogP contribution in [0.2, 0.25) is 0 Å². The van der Waals surface area contributed by atoms with E-state index in [2.05, 4.69) is 174 Å². The molecule has 0 aromatic heterocycles. The van der Waals surface area contributed by atoms with Gasteiger partial charge in [-0.25, -0.2) is 9.13 Å². The van der Waals surface area contributed by atoms with Gasteiger partial charge in [0.25, 0.3) is 0 Å². The van der Waals surface area contributed by atoms with Gasteiger partial charge in [0, 0.05) is 19.3 Å². The van der Waals surface area contributed by atoms with Crippen molar-refractivity contribution < 1.29 is 80.2 Å². The molecule has 0 aliphatic carbocycles. The molecule has 5 unspecified atom stereocenters. The maximum absolute atomic E-state index is 13.1. The Morgan fingerprint density at radius 3 is 0.940 bits per heavy atom. The maximum Gasteiger partial charge on any atom is 0.472 e. The largest absolute Gasteiger partial charge is 0.472 e. The number of hydrogen-bond donors (Lipinski definition) is 3. The molecule has 19 heteroatoms. The van der Waals surface area contributed by atoms with Gasteiger partial charge in [0.2, 0.25) is 0 Å². The molecule has 0 aliphatic heterocycles. The smallest absolute Gasteiger partial charge is 0.462 e. The number of aliphatic hydroxyl groups is 1. The molecule has 3 N–H and O–H groups in total. The predicted molar refractivity (Wildman–Crippen MR) is 408 cm³/mol. The molecule has 0 aromatic rings. The van der Waals surface area contributed by atoms with Gasteiger partial charge in [-0.1, -0.05) is 255 Å². The molecule has 0 heterocycles. The molecule has 564 valence electrons. The highest BCUT2D eigenvalue weighted by Gasteiger charge is 2.30. The fraction of sp³-hybridized carbons (Fsp3) is 0.580. The van der Waals surface area contributed by atoms with Gasteiger partial charge in [0.15, 0.2) is 12.2 Å². The Kier molecular flexibility index (Phi) is 67.4. The summed E-state index contributed by atoms with van der Waals surface area (Å²) in [5.41, 5.74) is 0. The summed E-state index contributed by atoms with van der Waals surface area (Å²) in [5.74, 6) is -2.45. The van der Waals surface area contributed by atoms with E-state index in [9.17, 15) is 43.2 Å². The normalized spacial score (nSPS) is 15.0. The zero-order valence-corrected chi connectivity index (χ0v) is 63.1. The Bertz CT molecular complexity index is 2620. The summed E-state index contributed by atoms with van der Waals surface area (Å²) in [5, 5.41) is 10.6. The number of carbonyl (C=O) groups is 4. The van der Waals surface area contributed by atoms with E-state index in [0.29, 0.717) is 32.1 Å². The monoisotopic (exact) mass is 1430 g/mol. The van der Waals surface area contributed by atoms with Crippen LogP contribution in [-0.4, -0.2) is 96.7 Å². The van der Waals surface area contributed by atoms with Crippen molar-refractivity contribution in [1.29, 1.82) is 0 Å². The second kappa shape index (κ2) is 71.6. The van der Waals surface area contributed by atoms with Crippen molar-refractivity contribution in [2.45, 2.75) is 264 Å². The van der Waals surface area contributed by atoms with Gasteiger partial charge < -0.3 is 33.8 Å². The summed E-state index contributed by atoms with van der Waals surface area (Å²) in [4.78, 5) is 72.7. The first-order chi connectivity index (χ1) is 48.7. The fourth-order valence-corrected chi connectivity index (χ4v) is 10.4. The SMILES string of the molecule is CC/C=C\C/C=C\C/C=C\C/C=C\C/C=C\CCCC(=O)OCC(COP(=O)(O)OCC(O)COP(=O)(O)OCC(COC(=O)CCCCCC/C=C\C/C=C\C/C=C\C/C=C\CC)OC(=O)CCCCCCC/C=C\CCCC)OC(=O)C/C=C\C/C=C\C/C=C\C/C=C\C/C=C\CC. The van der Waals surface area contributed by atoms with E-state index >= 15 is 0 Å². The minimum Gasteiger partial charge on any atom is -0.462 e. The molecule has 100 heavy (non-hydrogen) atoms. The summed E-state index contributed by atoms with van der Waals surface area (Å²) in [6.07, 6.45) is 85.1. The number of allylic oxidation sites excluding steroid dienone is 29. The van der Waals surface area contributed by atoms with Crippen LogP contribution in [-0.2, 0) is 65.4 Å². The number of carbonyl (C=O) groups excluding carboxylic acids is 4. The highest BCUT2D eigenvalue weighted by Crippen LogP contribution is 2.45. The lowest BCUT2D eigenvalue weighted by atomic mass is 10.1. The maximum atomic E-state index is 13.1. The Morgan fingerprint density at radius 1 is 0.300 bits per heavy atom. The lowest BCUT2D eigenvalue weighted by Crippen LogP contribution is -2.30. The second-order valence-corrected chi connectivity index (χ2v) is 26.7. The number of rotatable bonds is 67. The molecule has 0 saturated heterocycles. The average molecular weight is 1440 g/mol. The van der Waals surface area contributed by atoms with E-state index in [0.717, 1.165) is 154 Å².